The second-order valence-corrected chi connectivity index (χ2v) is 3.29. The number of nitrogens with zero attached hydrogens (tertiary/aromatic N) is 1. The van der Waals surface area contributed by atoms with Gasteiger partial charge < -0.3 is 20.7 Å². The van der Waals surface area contributed by atoms with Crippen LogP contribution in [0.3, 0.4) is 0 Å². The second-order valence-electron chi connectivity index (χ2n) is 3.29. The van der Waals surface area contributed by atoms with Crippen molar-refractivity contribution in [2.45, 2.75) is 18.6 Å². The number of aliphatic hydroxyl groups excluding tert-OH is 2. The SMILES string of the molecule is COc1cccc(C(O)C(O)CC(N)=O)n1. The van der Waals surface area contributed by atoms with Gasteiger partial charge >= 0.3 is 0 Å². The maximum Gasteiger partial charge on any atom is 0.220 e. The smallest absolute Gasteiger partial charge is 0.220 e. The number of hydrogen-bond acceptors (Lipinski definition) is 5. The summed E-state index contributed by atoms with van der Waals surface area (Å²) >= 11 is 0. The van der Waals surface area contributed by atoms with E-state index in [1.165, 1.54) is 13.2 Å². The Bertz CT molecular complexity index is 370. The van der Waals surface area contributed by atoms with Crippen molar-refractivity contribution in [1.29, 1.82) is 0 Å². The molecule has 0 aromatic carbocycles. The Balaban J connectivity index is 2.78. The molecule has 1 rings (SSSR count). The molecule has 0 saturated carbocycles. The molecule has 0 radical (unpaired) electrons. The molecule has 4 N–H and O–H groups in total. The summed E-state index contributed by atoms with van der Waals surface area (Å²) in [5.41, 5.74) is 5.14. The fraction of sp³-hybridized carbons (Fsp3) is 0.400. The lowest BCUT2D eigenvalue weighted by Crippen LogP contribution is -2.26. The summed E-state index contributed by atoms with van der Waals surface area (Å²) in [5, 5.41) is 19.2. The zero-order valence-electron chi connectivity index (χ0n) is 8.83. The molecule has 0 saturated heterocycles. The summed E-state index contributed by atoms with van der Waals surface area (Å²) in [5.74, 6) is -0.364. The van der Waals surface area contributed by atoms with Gasteiger partial charge in [0.2, 0.25) is 11.8 Å². The summed E-state index contributed by atoms with van der Waals surface area (Å²) < 4.78 is 4.87. The molecule has 0 aliphatic rings. The van der Waals surface area contributed by atoms with Gasteiger partial charge in [0, 0.05) is 6.07 Å². The zero-order chi connectivity index (χ0) is 12.1. The van der Waals surface area contributed by atoms with Crippen LogP contribution in [0.15, 0.2) is 18.2 Å². The minimum Gasteiger partial charge on any atom is -0.481 e. The van der Waals surface area contributed by atoms with Crippen molar-refractivity contribution in [1.82, 2.24) is 4.98 Å². The van der Waals surface area contributed by atoms with Crippen LogP contribution in [-0.4, -0.2) is 34.3 Å². The third-order valence-electron chi connectivity index (χ3n) is 2.03. The highest BCUT2D eigenvalue weighted by atomic mass is 16.5. The molecule has 2 atom stereocenters. The highest BCUT2D eigenvalue weighted by Gasteiger charge is 2.21. The molecular weight excluding hydrogens is 212 g/mol. The number of nitrogens with two attached hydrogens (primary N) is 1. The molecule has 88 valence electrons. The average molecular weight is 226 g/mol. The number of pyridine rings is 1. The van der Waals surface area contributed by atoms with E-state index in [0.29, 0.717) is 5.88 Å². The minimum absolute atomic E-state index is 0.230. The molecule has 16 heavy (non-hydrogen) atoms. The number of methoxy groups -OCH3 is 1. The summed E-state index contributed by atoms with van der Waals surface area (Å²) in [4.78, 5) is 14.5. The number of rotatable bonds is 5. The number of hydrogen-bond donors (Lipinski definition) is 3. The predicted octanol–water partition coefficient (Wildman–Crippen LogP) is -0.640. The molecule has 0 aliphatic carbocycles. The van der Waals surface area contributed by atoms with Crippen LogP contribution >= 0.6 is 0 Å². The molecule has 1 aromatic heterocycles. The van der Waals surface area contributed by atoms with Crippen LogP contribution in [0.5, 0.6) is 5.88 Å². The standard InChI is InChI=1S/C10H14N2O4/c1-16-9-4-2-3-6(12-9)10(15)7(13)5-8(11)14/h2-4,7,10,13,15H,5H2,1H3,(H2,11,14). The monoisotopic (exact) mass is 226 g/mol. The molecule has 2 unspecified atom stereocenters. The number of amides is 1. The number of ether oxygens (including phenoxy) is 1. The topological polar surface area (TPSA) is 106 Å². The third-order valence-corrected chi connectivity index (χ3v) is 2.03. The highest BCUT2D eigenvalue weighted by molar-refractivity contribution is 5.74. The molecule has 0 bridgehead atoms. The summed E-state index contributed by atoms with van der Waals surface area (Å²) in [6.07, 6.45) is -2.85. The number of aromatic nitrogens is 1. The molecule has 6 nitrogen and oxygen atoms in total. The first kappa shape index (κ1) is 12.4. The number of aliphatic hydroxyl groups is 2. The van der Waals surface area contributed by atoms with Gasteiger partial charge in [0.1, 0.15) is 6.10 Å². The second kappa shape index (κ2) is 5.43. The quantitative estimate of drug-likeness (QED) is 0.619. The number of carbonyl (C=O) groups is 1. The van der Waals surface area contributed by atoms with Crippen molar-refractivity contribution in [2.24, 2.45) is 5.73 Å². The Kier molecular flexibility index (Phi) is 4.21. The first-order chi connectivity index (χ1) is 7.54. The predicted molar refractivity (Wildman–Crippen MR) is 55.6 cm³/mol. The van der Waals surface area contributed by atoms with Crippen molar-refractivity contribution in [3.63, 3.8) is 0 Å². The zero-order valence-corrected chi connectivity index (χ0v) is 8.83. The maximum atomic E-state index is 10.6. The van der Waals surface area contributed by atoms with Crippen molar-refractivity contribution in [3.05, 3.63) is 23.9 Å². The Morgan fingerprint density at radius 1 is 1.56 bits per heavy atom. The Morgan fingerprint density at radius 3 is 2.81 bits per heavy atom. The fourth-order valence-corrected chi connectivity index (χ4v) is 1.22. The van der Waals surface area contributed by atoms with Crippen LogP contribution in [0.25, 0.3) is 0 Å². The van der Waals surface area contributed by atoms with Gasteiger partial charge in [-0.3, -0.25) is 4.79 Å². The Hall–Kier alpha value is -1.66. The average Bonchev–Trinajstić information content (AvgIpc) is 2.27. The molecule has 1 aromatic rings. The molecule has 0 fully saturated rings. The summed E-state index contributed by atoms with van der Waals surface area (Å²) in [6, 6.07) is 4.76. The van der Waals surface area contributed by atoms with E-state index in [-0.39, 0.29) is 12.1 Å². The Morgan fingerprint density at radius 2 is 2.25 bits per heavy atom. The lowest BCUT2D eigenvalue weighted by molar-refractivity contribution is -0.121. The van der Waals surface area contributed by atoms with Gasteiger partial charge in [-0.2, -0.15) is 0 Å². The maximum absolute atomic E-state index is 10.6. The van der Waals surface area contributed by atoms with Crippen molar-refractivity contribution < 1.29 is 19.7 Å². The van der Waals surface area contributed by atoms with Crippen LogP contribution in [0.2, 0.25) is 0 Å². The lowest BCUT2D eigenvalue weighted by Gasteiger charge is -2.16. The van der Waals surface area contributed by atoms with E-state index in [2.05, 4.69) is 4.98 Å². The molecule has 0 spiro atoms. The highest BCUT2D eigenvalue weighted by Crippen LogP contribution is 2.19. The molecule has 6 heteroatoms. The molecule has 1 heterocycles. The normalized spacial score (nSPS) is 14.2. The van der Waals surface area contributed by atoms with Crippen LogP contribution in [0.1, 0.15) is 18.2 Å². The van der Waals surface area contributed by atoms with Gasteiger partial charge in [-0.1, -0.05) is 6.07 Å². The minimum atomic E-state index is -1.27. The summed E-state index contributed by atoms with van der Waals surface area (Å²) in [7, 11) is 1.44. The van der Waals surface area contributed by atoms with E-state index in [4.69, 9.17) is 10.5 Å². The van der Waals surface area contributed by atoms with Crippen molar-refractivity contribution >= 4 is 5.91 Å². The van der Waals surface area contributed by atoms with E-state index < -0.39 is 18.1 Å². The first-order valence-electron chi connectivity index (χ1n) is 4.70. The Labute approximate surface area is 92.7 Å². The van der Waals surface area contributed by atoms with E-state index >= 15 is 0 Å². The van der Waals surface area contributed by atoms with Crippen LogP contribution in [0.4, 0.5) is 0 Å². The van der Waals surface area contributed by atoms with Crippen molar-refractivity contribution in [3.8, 4) is 5.88 Å². The van der Waals surface area contributed by atoms with Crippen LogP contribution in [0, 0.1) is 0 Å². The number of primary amides is 1. The molecular formula is C10H14N2O4. The molecule has 1 amide bonds. The van der Waals surface area contributed by atoms with E-state index in [0.717, 1.165) is 0 Å². The number of carbonyl (C=O) groups excluding carboxylic acids is 1. The van der Waals surface area contributed by atoms with Crippen LogP contribution < -0.4 is 10.5 Å². The van der Waals surface area contributed by atoms with Gasteiger partial charge in [-0.05, 0) is 6.07 Å². The van der Waals surface area contributed by atoms with E-state index in [1.54, 1.807) is 12.1 Å². The van der Waals surface area contributed by atoms with Gasteiger partial charge in [0.15, 0.2) is 0 Å². The van der Waals surface area contributed by atoms with Gasteiger partial charge in [-0.15, -0.1) is 0 Å². The van der Waals surface area contributed by atoms with Crippen molar-refractivity contribution in [2.75, 3.05) is 7.11 Å². The third kappa shape index (κ3) is 3.18. The van der Waals surface area contributed by atoms with Gasteiger partial charge in [-0.25, -0.2) is 4.98 Å². The van der Waals surface area contributed by atoms with E-state index in [1.807, 2.05) is 0 Å². The largest absolute Gasteiger partial charge is 0.481 e. The van der Waals surface area contributed by atoms with E-state index in [9.17, 15) is 15.0 Å². The summed E-state index contributed by atoms with van der Waals surface area (Å²) in [6.45, 7) is 0. The molecule has 0 aliphatic heterocycles. The van der Waals surface area contributed by atoms with Gasteiger partial charge in [0.05, 0.1) is 25.3 Å². The van der Waals surface area contributed by atoms with Crippen LogP contribution in [-0.2, 0) is 4.79 Å². The van der Waals surface area contributed by atoms with Gasteiger partial charge in [0.25, 0.3) is 0 Å². The fourth-order valence-electron chi connectivity index (χ4n) is 1.22. The first-order valence-corrected chi connectivity index (χ1v) is 4.70. The lowest BCUT2D eigenvalue weighted by atomic mass is 10.1.